The van der Waals surface area contributed by atoms with Crippen LogP contribution in [0.15, 0.2) is 18.6 Å². The van der Waals surface area contributed by atoms with Crippen molar-refractivity contribution in [2.75, 3.05) is 54.5 Å². The van der Waals surface area contributed by atoms with Gasteiger partial charge in [-0.25, -0.2) is 19.9 Å². The van der Waals surface area contributed by atoms with Crippen LogP contribution in [0.5, 0.6) is 0 Å². The van der Waals surface area contributed by atoms with Gasteiger partial charge in [-0.1, -0.05) is 0 Å². The molecule has 2 N–H and O–H groups in total. The van der Waals surface area contributed by atoms with Crippen molar-refractivity contribution in [1.82, 2.24) is 19.9 Å². The Labute approximate surface area is 182 Å². The van der Waals surface area contributed by atoms with Crippen molar-refractivity contribution in [3.05, 3.63) is 30.1 Å². The third kappa shape index (κ3) is 3.83. The van der Waals surface area contributed by atoms with Crippen LogP contribution in [0.1, 0.15) is 24.9 Å². The van der Waals surface area contributed by atoms with Crippen molar-refractivity contribution in [2.45, 2.75) is 25.6 Å². The summed E-state index contributed by atoms with van der Waals surface area (Å²) < 4.78 is 43.2. The molecule has 5 heterocycles. The molecule has 170 valence electrons. The Morgan fingerprint density at radius 2 is 1.81 bits per heavy atom. The van der Waals surface area contributed by atoms with Gasteiger partial charge >= 0.3 is 6.18 Å². The highest BCUT2D eigenvalue weighted by molar-refractivity contribution is 5.98. The Kier molecular flexibility index (Phi) is 4.91. The lowest BCUT2D eigenvalue weighted by atomic mass is 9.79. The number of anilines is 3. The molecule has 0 aliphatic carbocycles. The molecular formula is C20H23F3N8O. The van der Waals surface area contributed by atoms with E-state index in [1.54, 1.807) is 13.1 Å². The number of hydrogen-bond acceptors (Lipinski definition) is 9. The maximum atomic E-state index is 12.7. The monoisotopic (exact) mass is 448 g/mol. The molecule has 0 saturated carbocycles. The van der Waals surface area contributed by atoms with Crippen molar-refractivity contribution >= 4 is 23.0 Å². The van der Waals surface area contributed by atoms with Crippen LogP contribution in [0.25, 0.3) is 0 Å². The molecule has 12 heteroatoms. The predicted octanol–water partition coefficient (Wildman–Crippen LogP) is 2.20. The standard InChI is InChI=1S/C20H23F3N8O/c1-12(24)16-17(28-13-7-32-8-13)29-15(6-25-16)30-3-2-19(9-30)10-31(11-19)14-4-26-18(27-5-14)20(21,22)23/h4-6,13,24H,2-3,7-11H2,1H3,(H,28,29). The summed E-state index contributed by atoms with van der Waals surface area (Å²) >= 11 is 0. The highest BCUT2D eigenvalue weighted by Gasteiger charge is 2.48. The van der Waals surface area contributed by atoms with Gasteiger partial charge in [-0.05, 0) is 13.3 Å². The minimum absolute atomic E-state index is 0.0515. The van der Waals surface area contributed by atoms with E-state index < -0.39 is 12.0 Å². The molecule has 2 aromatic heterocycles. The van der Waals surface area contributed by atoms with E-state index in [0.29, 0.717) is 36.1 Å². The van der Waals surface area contributed by atoms with Gasteiger partial charge in [0.15, 0.2) is 5.82 Å². The van der Waals surface area contributed by atoms with Crippen LogP contribution in [0.4, 0.5) is 30.5 Å². The second-order valence-electron chi connectivity index (χ2n) is 8.72. The van der Waals surface area contributed by atoms with Crippen LogP contribution in [0.2, 0.25) is 0 Å². The van der Waals surface area contributed by atoms with Crippen molar-refractivity contribution < 1.29 is 17.9 Å². The van der Waals surface area contributed by atoms with Crippen LogP contribution in [0, 0.1) is 10.8 Å². The maximum Gasteiger partial charge on any atom is 0.451 e. The summed E-state index contributed by atoms with van der Waals surface area (Å²) in [6, 6.07) is 0.175. The first kappa shape index (κ1) is 20.9. The van der Waals surface area contributed by atoms with Gasteiger partial charge in [-0.2, -0.15) is 13.2 Å². The number of ether oxygens (including phenoxy) is 1. The molecule has 0 atom stereocenters. The van der Waals surface area contributed by atoms with Crippen molar-refractivity contribution in [3.63, 3.8) is 0 Å². The Bertz CT molecular complexity index is 1020. The van der Waals surface area contributed by atoms with Crippen LogP contribution < -0.4 is 15.1 Å². The first-order valence-corrected chi connectivity index (χ1v) is 10.4. The van der Waals surface area contributed by atoms with E-state index in [4.69, 9.17) is 15.1 Å². The molecule has 9 nitrogen and oxygen atoms in total. The molecule has 0 aromatic carbocycles. The van der Waals surface area contributed by atoms with Crippen molar-refractivity contribution in [2.24, 2.45) is 5.41 Å². The summed E-state index contributed by atoms with van der Waals surface area (Å²) in [7, 11) is 0. The van der Waals surface area contributed by atoms with Gasteiger partial charge < -0.3 is 25.3 Å². The number of aromatic nitrogens is 4. The number of alkyl halides is 3. The smallest absolute Gasteiger partial charge is 0.377 e. The second-order valence-corrected chi connectivity index (χ2v) is 8.72. The fourth-order valence-electron chi connectivity index (χ4n) is 4.39. The van der Waals surface area contributed by atoms with E-state index in [2.05, 4.69) is 25.2 Å². The summed E-state index contributed by atoms with van der Waals surface area (Å²) in [6.45, 7) is 5.97. The Balaban J connectivity index is 1.25. The third-order valence-corrected chi connectivity index (χ3v) is 6.17. The zero-order valence-electron chi connectivity index (χ0n) is 17.5. The van der Waals surface area contributed by atoms with Gasteiger partial charge in [0.25, 0.3) is 0 Å². The fraction of sp³-hybridized carbons (Fsp3) is 0.550. The van der Waals surface area contributed by atoms with E-state index in [0.717, 1.165) is 38.4 Å². The molecule has 0 radical (unpaired) electrons. The molecule has 32 heavy (non-hydrogen) atoms. The number of rotatable bonds is 5. The second kappa shape index (κ2) is 7.54. The minimum atomic E-state index is -4.53. The number of hydrogen-bond donors (Lipinski definition) is 2. The minimum Gasteiger partial charge on any atom is -0.377 e. The average molecular weight is 448 g/mol. The van der Waals surface area contributed by atoms with Crippen LogP contribution >= 0.6 is 0 Å². The highest BCUT2D eigenvalue weighted by atomic mass is 19.4. The van der Waals surface area contributed by atoms with Gasteiger partial charge in [-0.3, -0.25) is 0 Å². The molecular weight excluding hydrogens is 425 g/mol. The summed E-state index contributed by atoms with van der Waals surface area (Å²) in [5.74, 6) is 0.232. The quantitative estimate of drug-likeness (QED) is 0.672. The van der Waals surface area contributed by atoms with Gasteiger partial charge in [0.2, 0.25) is 5.82 Å². The highest BCUT2D eigenvalue weighted by Crippen LogP contribution is 2.43. The summed E-state index contributed by atoms with van der Waals surface area (Å²) in [5.41, 5.74) is 1.53. The Hall–Kier alpha value is -3.02. The van der Waals surface area contributed by atoms with Crippen molar-refractivity contribution in [1.29, 1.82) is 5.41 Å². The molecule has 1 spiro atoms. The average Bonchev–Trinajstić information content (AvgIpc) is 3.15. The fourth-order valence-corrected chi connectivity index (χ4v) is 4.39. The van der Waals surface area contributed by atoms with E-state index in [1.807, 2.05) is 4.90 Å². The molecule has 0 amide bonds. The molecule has 0 bridgehead atoms. The lowest BCUT2D eigenvalue weighted by Crippen LogP contribution is -2.57. The van der Waals surface area contributed by atoms with Crippen LogP contribution in [-0.2, 0) is 10.9 Å². The number of halogens is 3. The summed E-state index contributed by atoms with van der Waals surface area (Å²) in [5, 5.41) is 11.3. The lowest BCUT2D eigenvalue weighted by molar-refractivity contribution is -0.145. The van der Waals surface area contributed by atoms with E-state index in [1.165, 1.54) is 12.4 Å². The first-order chi connectivity index (χ1) is 15.2. The van der Waals surface area contributed by atoms with E-state index in [9.17, 15) is 13.2 Å². The molecule has 3 aliphatic heterocycles. The van der Waals surface area contributed by atoms with E-state index >= 15 is 0 Å². The summed E-state index contributed by atoms with van der Waals surface area (Å²) in [4.78, 5) is 20.3. The number of nitrogens with zero attached hydrogens (tertiary/aromatic N) is 6. The zero-order valence-corrected chi connectivity index (χ0v) is 17.5. The van der Waals surface area contributed by atoms with Crippen molar-refractivity contribution in [3.8, 4) is 0 Å². The molecule has 3 saturated heterocycles. The summed E-state index contributed by atoms with van der Waals surface area (Å²) in [6.07, 6.45) is 0.599. The van der Waals surface area contributed by atoms with Gasteiger partial charge in [0, 0.05) is 31.6 Å². The van der Waals surface area contributed by atoms with Crippen LogP contribution in [-0.4, -0.2) is 71.1 Å². The zero-order chi connectivity index (χ0) is 22.5. The predicted molar refractivity (Wildman–Crippen MR) is 111 cm³/mol. The first-order valence-electron chi connectivity index (χ1n) is 10.4. The molecule has 2 aromatic rings. The topological polar surface area (TPSA) is 103 Å². The lowest BCUT2D eigenvalue weighted by Gasteiger charge is -2.49. The Morgan fingerprint density at radius 1 is 1.12 bits per heavy atom. The van der Waals surface area contributed by atoms with Gasteiger partial charge in [-0.15, -0.1) is 0 Å². The largest absolute Gasteiger partial charge is 0.451 e. The molecule has 0 unspecified atom stereocenters. The number of nitrogens with one attached hydrogen (secondary N) is 2. The normalized spacial score (nSPS) is 20.2. The SMILES string of the molecule is CC(=N)c1ncc(N2CCC3(CN(c4cnc(C(F)(F)F)nc4)C3)C2)nc1NC1COC1. The molecule has 3 aliphatic rings. The molecule has 3 fully saturated rings. The van der Waals surface area contributed by atoms with E-state index in [-0.39, 0.29) is 11.5 Å². The third-order valence-electron chi connectivity index (χ3n) is 6.17. The Morgan fingerprint density at radius 3 is 2.41 bits per heavy atom. The van der Waals surface area contributed by atoms with Gasteiger partial charge in [0.05, 0.1) is 49.2 Å². The van der Waals surface area contributed by atoms with Gasteiger partial charge in [0.1, 0.15) is 11.5 Å². The molecule has 5 rings (SSSR count). The van der Waals surface area contributed by atoms with Crippen LogP contribution in [0.3, 0.4) is 0 Å². The maximum absolute atomic E-state index is 12.7.